The van der Waals surface area contributed by atoms with Crippen LogP contribution in [0.4, 0.5) is 0 Å². The van der Waals surface area contributed by atoms with Crippen LogP contribution in [-0.4, -0.2) is 18.5 Å². The number of aldehydes is 1. The highest BCUT2D eigenvalue weighted by Crippen LogP contribution is 2.24. The second-order valence-corrected chi connectivity index (χ2v) is 3.98. The van der Waals surface area contributed by atoms with Crippen LogP contribution >= 0.6 is 0 Å². The summed E-state index contributed by atoms with van der Waals surface area (Å²) in [6.07, 6.45) is 0.742. The van der Waals surface area contributed by atoms with Gasteiger partial charge in [0.25, 0.3) is 0 Å². The van der Waals surface area contributed by atoms with E-state index in [9.17, 15) is 9.90 Å². The third-order valence-corrected chi connectivity index (χ3v) is 2.68. The molecule has 4 nitrogen and oxygen atoms in total. The van der Waals surface area contributed by atoms with Crippen molar-refractivity contribution < 1.29 is 19.4 Å². The number of phenols is 1. The minimum absolute atomic E-state index is 0.207. The van der Waals surface area contributed by atoms with Crippen molar-refractivity contribution >= 4 is 6.29 Å². The van der Waals surface area contributed by atoms with E-state index in [0.29, 0.717) is 23.7 Å². The van der Waals surface area contributed by atoms with Gasteiger partial charge >= 0.3 is 0 Å². The Kier molecular flexibility index (Phi) is 4.03. The number of hydrogen-bond donors (Lipinski definition) is 1. The Hall–Kier alpha value is -2.49. The van der Waals surface area contributed by atoms with Gasteiger partial charge in [-0.3, -0.25) is 4.79 Å². The zero-order valence-electron chi connectivity index (χ0n) is 10.5. The second-order valence-electron chi connectivity index (χ2n) is 3.98. The fraction of sp³-hybridized carbons (Fsp3) is 0.133. The van der Waals surface area contributed by atoms with Gasteiger partial charge in [-0.1, -0.05) is 12.1 Å². The summed E-state index contributed by atoms with van der Waals surface area (Å²) in [5.74, 6) is 1.31. The standard InChI is InChI=1S/C15H14O4/c1-18-14-7-4-12(9-16)15(8-14)19-10-11-2-5-13(17)6-3-11/h2-9,17H,10H2,1H3. The maximum atomic E-state index is 10.9. The van der Waals surface area contributed by atoms with Crippen molar-refractivity contribution in [3.05, 3.63) is 53.6 Å². The molecule has 4 heteroatoms. The molecule has 0 aliphatic heterocycles. The highest BCUT2D eigenvalue weighted by atomic mass is 16.5. The van der Waals surface area contributed by atoms with Crippen molar-refractivity contribution in [1.82, 2.24) is 0 Å². The van der Waals surface area contributed by atoms with E-state index in [0.717, 1.165) is 11.8 Å². The predicted molar refractivity (Wildman–Crippen MR) is 70.8 cm³/mol. The van der Waals surface area contributed by atoms with Crippen LogP contribution < -0.4 is 9.47 Å². The van der Waals surface area contributed by atoms with E-state index in [1.165, 1.54) is 0 Å². The van der Waals surface area contributed by atoms with Gasteiger partial charge in [-0.2, -0.15) is 0 Å². The largest absolute Gasteiger partial charge is 0.508 e. The molecule has 1 N–H and O–H groups in total. The zero-order chi connectivity index (χ0) is 13.7. The molecule has 98 valence electrons. The highest BCUT2D eigenvalue weighted by Gasteiger charge is 2.05. The van der Waals surface area contributed by atoms with Crippen LogP contribution in [0.3, 0.4) is 0 Å². The topological polar surface area (TPSA) is 55.8 Å². The smallest absolute Gasteiger partial charge is 0.153 e. The van der Waals surface area contributed by atoms with Gasteiger partial charge in [0.15, 0.2) is 6.29 Å². The lowest BCUT2D eigenvalue weighted by Crippen LogP contribution is -1.98. The van der Waals surface area contributed by atoms with E-state index >= 15 is 0 Å². The number of benzene rings is 2. The first kappa shape index (κ1) is 13.0. The fourth-order valence-corrected chi connectivity index (χ4v) is 1.62. The van der Waals surface area contributed by atoms with E-state index in [1.54, 1.807) is 49.6 Å². The maximum absolute atomic E-state index is 10.9. The molecule has 0 amide bonds. The number of aromatic hydroxyl groups is 1. The Morgan fingerprint density at radius 3 is 2.53 bits per heavy atom. The first-order valence-electron chi connectivity index (χ1n) is 5.77. The third kappa shape index (κ3) is 3.25. The molecule has 0 fully saturated rings. The third-order valence-electron chi connectivity index (χ3n) is 2.68. The SMILES string of the molecule is COc1ccc(C=O)c(OCc2ccc(O)cc2)c1. The number of methoxy groups -OCH3 is 1. The van der Waals surface area contributed by atoms with Crippen LogP contribution in [-0.2, 0) is 6.61 Å². The monoisotopic (exact) mass is 258 g/mol. The van der Waals surface area contributed by atoms with E-state index in [4.69, 9.17) is 9.47 Å². The molecule has 0 radical (unpaired) electrons. The van der Waals surface area contributed by atoms with E-state index in [-0.39, 0.29) is 5.75 Å². The summed E-state index contributed by atoms with van der Waals surface area (Å²) in [5, 5.41) is 9.19. The van der Waals surface area contributed by atoms with Crippen LogP contribution in [0.1, 0.15) is 15.9 Å². The summed E-state index contributed by atoms with van der Waals surface area (Å²) in [7, 11) is 1.56. The van der Waals surface area contributed by atoms with Crippen LogP contribution in [0, 0.1) is 0 Å². The summed E-state index contributed by atoms with van der Waals surface area (Å²) < 4.78 is 10.7. The van der Waals surface area contributed by atoms with Gasteiger partial charge in [0, 0.05) is 6.07 Å². The first-order chi connectivity index (χ1) is 9.22. The molecule has 0 bridgehead atoms. The molecule has 0 heterocycles. The van der Waals surface area contributed by atoms with Crippen LogP contribution in [0.25, 0.3) is 0 Å². The van der Waals surface area contributed by atoms with Gasteiger partial charge in [-0.15, -0.1) is 0 Å². The molecule has 0 unspecified atom stereocenters. The molecule has 0 saturated heterocycles. The normalized spacial score (nSPS) is 9.95. The predicted octanol–water partition coefficient (Wildman–Crippen LogP) is 2.79. The Balaban J connectivity index is 2.13. The molecule has 2 rings (SSSR count). The van der Waals surface area contributed by atoms with Gasteiger partial charge in [-0.05, 0) is 29.8 Å². The number of rotatable bonds is 5. The number of phenolic OH excluding ortho intramolecular Hbond substituents is 1. The fourth-order valence-electron chi connectivity index (χ4n) is 1.62. The Labute approximate surface area is 111 Å². The summed E-state index contributed by atoms with van der Waals surface area (Å²) in [6.45, 7) is 0.314. The van der Waals surface area contributed by atoms with Gasteiger partial charge in [0.2, 0.25) is 0 Å². The number of carbonyl (C=O) groups excluding carboxylic acids is 1. The summed E-state index contributed by atoms with van der Waals surface area (Å²) >= 11 is 0. The lowest BCUT2D eigenvalue weighted by molar-refractivity contribution is 0.111. The minimum atomic E-state index is 0.207. The summed E-state index contributed by atoms with van der Waals surface area (Å²) in [4.78, 5) is 10.9. The van der Waals surface area contributed by atoms with Crippen molar-refractivity contribution in [2.75, 3.05) is 7.11 Å². The van der Waals surface area contributed by atoms with Gasteiger partial charge in [0.1, 0.15) is 23.9 Å². The Bertz CT molecular complexity index is 561. The second kappa shape index (κ2) is 5.91. The van der Waals surface area contributed by atoms with Crippen molar-refractivity contribution in [2.24, 2.45) is 0 Å². The number of ether oxygens (including phenoxy) is 2. The quantitative estimate of drug-likeness (QED) is 0.838. The number of carbonyl (C=O) groups is 1. The molecule has 0 saturated carbocycles. The average molecular weight is 258 g/mol. The maximum Gasteiger partial charge on any atom is 0.153 e. The first-order valence-corrected chi connectivity index (χ1v) is 5.77. The van der Waals surface area contributed by atoms with Crippen LogP contribution in [0.5, 0.6) is 17.2 Å². The Morgan fingerprint density at radius 1 is 1.16 bits per heavy atom. The van der Waals surface area contributed by atoms with Crippen LogP contribution in [0.2, 0.25) is 0 Å². The van der Waals surface area contributed by atoms with E-state index < -0.39 is 0 Å². The van der Waals surface area contributed by atoms with E-state index in [2.05, 4.69) is 0 Å². The molecule has 0 spiro atoms. The molecular weight excluding hydrogens is 244 g/mol. The molecule has 0 atom stereocenters. The van der Waals surface area contributed by atoms with Crippen molar-refractivity contribution in [1.29, 1.82) is 0 Å². The van der Waals surface area contributed by atoms with Crippen molar-refractivity contribution in [3.63, 3.8) is 0 Å². The number of hydrogen-bond acceptors (Lipinski definition) is 4. The Morgan fingerprint density at radius 2 is 1.89 bits per heavy atom. The van der Waals surface area contributed by atoms with Crippen molar-refractivity contribution in [3.8, 4) is 17.2 Å². The van der Waals surface area contributed by atoms with Gasteiger partial charge < -0.3 is 14.6 Å². The molecule has 0 aliphatic rings. The molecule has 2 aromatic carbocycles. The van der Waals surface area contributed by atoms with Gasteiger partial charge in [-0.25, -0.2) is 0 Å². The van der Waals surface area contributed by atoms with Crippen molar-refractivity contribution in [2.45, 2.75) is 6.61 Å². The van der Waals surface area contributed by atoms with E-state index in [1.807, 2.05) is 0 Å². The zero-order valence-corrected chi connectivity index (χ0v) is 10.5. The molecule has 19 heavy (non-hydrogen) atoms. The van der Waals surface area contributed by atoms with Crippen LogP contribution in [0.15, 0.2) is 42.5 Å². The molecule has 2 aromatic rings. The lowest BCUT2D eigenvalue weighted by Gasteiger charge is -2.10. The summed E-state index contributed by atoms with van der Waals surface area (Å²) in [6, 6.07) is 11.7. The molecule has 0 aromatic heterocycles. The highest BCUT2D eigenvalue weighted by molar-refractivity contribution is 5.79. The average Bonchev–Trinajstić information content (AvgIpc) is 2.46. The lowest BCUT2D eigenvalue weighted by atomic mass is 10.2. The molecule has 0 aliphatic carbocycles. The van der Waals surface area contributed by atoms with Gasteiger partial charge in [0.05, 0.1) is 12.7 Å². The summed E-state index contributed by atoms with van der Waals surface area (Å²) in [5.41, 5.74) is 1.37. The molecular formula is C15H14O4. The minimum Gasteiger partial charge on any atom is -0.508 e.